The average molecular weight is 351 g/mol. The summed E-state index contributed by atoms with van der Waals surface area (Å²) < 4.78 is 19.0. The second-order valence-electron chi connectivity index (χ2n) is 7.05. The number of furan rings is 1. The lowest BCUT2D eigenvalue weighted by molar-refractivity contribution is -0.131. The summed E-state index contributed by atoms with van der Waals surface area (Å²) in [4.78, 5) is 14.6. The van der Waals surface area contributed by atoms with E-state index >= 15 is 0 Å². The van der Waals surface area contributed by atoms with Crippen LogP contribution in [0.15, 0.2) is 52.9 Å². The first-order valence-corrected chi connectivity index (χ1v) is 9.08. The van der Waals surface area contributed by atoms with E-state index in [1.807, 2.05) is 31.3 Å². The van der Waals surface area contributed by atoms with Crippen LogP contribution in [0.2, 0.25) is 0 Å². The van der Waals surface area contributed by atoms with Gasteiger partial charge in [0.15, 0.2) is 0 Å². The van der Waals surface area contributed by atoms with Gasteiger partial charge in [-0.3, -0.25) is 4.79 Å². The number of amides is 1. The zero-order valence-corrected chi connectivity index (χ0v) is 15.0. The highest BCUT2D eigenvalue weighted by Crippen LogP contribution is 2.48. The van der Waals surface area contributed by atoms with Gasteiger partial charge >= 0.3 is 0 Å². The maximum absolute atomic E-state index is 13.1. The monoisotopic (exact) mass is 351 g/mol. The molecule has 1 aliphatic rings. The van der Waals surface area contributed by atoms with Gasteiger partial charge < -0.3 is 9.32 Å². The molecule has 0 bridgehead atoms. The molecule has 0 radical (unpaired) electrons. The Labute approximate surface area is 152 Å². The number of aryl methyl sites for hydroxylation is 1. The highest BCUT2D eigenvalue weighted by Gasteiger charge is 2.45. The van der Waals surface area contributed by atoms with Gasteiger partial charge in [-0.05, 0) is 36.1 Å². The first-order chi connectivity index (χ1) is 12.6. The number of fused-ring (bicyclic) bond motifs is 1. The Kier molecular flexibility index (Phi) is 4.27. The van der Waals surface area contributed by atoms with Crippen molar-refractivity contribution in [3.63, 3.8) is 0 Å². The average Bonchev–Trinajstić information content (AvgIpc) is 3.38. The first-order valence-electron chi connectivity index (χ1n) is 9.08. The van der Waals surface area contributed by atoms with E-state index in [2.05, 4.69) is 6.92 Å². The van der Waals surface area contributed by atoms with Gasteiger partial charge in [0, 0.05) is 36.9 Å². The zero-order valence-electron chi connectivity index (χ0n) is 15.0. The maximum atomic E-state index is 13.1. The van der Waals surface area contributed by atoms with E-state index in [0.717, 1.165) is 40.7 Å². The molecule has 0 spiro atoms. The molecule has 2 atom stereocenters. The van der Waals surface area contributed by atoms with Crippen LogP contribution in [0.1, 0.15) is 36.1 Å². The van der Waals surface area contributed by atoms with Crippen molar-refractivity contribution in [1.82, 2.24) is 4.90 Å². The van der Waals surface area contributed by atoms with Gasteiger partial charge in [0.1, 0.15) is 17.2 Å². The van der Waals surface area contributed by atoms with Gasteiger partial charge in [0.2, 0.25) is 5.91 Å². The predicted molar refractivity (Wildman–Crippen MR) is 99.3 cm³/mol. The van der Waals surface area contributed by atoms with E-state index in [-0.39, 0.29) is 23.6 Å². The molecule has 0 N–H and O–H groups in total. The van der Waals surface area contributed by atoms with Crippen LogP contribution in [-0.2, 0) is 17.8 Å². The molecule has 3 nitrogen and oxygen atoms in total. The highest BCUT2D eigenvalue weighted by molar-refractivity contribution is 5.85. The van der Waals surface area contributed by atoms with E-state index in [0.29, 0.717) is 6.54 Å². The summed E-state index contributed by atoms with van der Waals surface area (Å²) in [6.45, 7) is 2.61. The molecule has 1 aliphatic carbocycles. The Hall–Kier alpha value is -2.62. The quantitative estimate of drug-likeness (QED) is 0.655. The van der Waals surface area contributed by atoms with E-state index in [4.69, 9.17) is 4.42 Å². The van der Waals surface area contributed by atoms with Crippen molar-refractivity contribution in [2.24, 2.45) is 5.92 Å². The van der Waals surface area contributed by atoms with E-state index < -0.39 is 0 Å². The molecule has 0 aliphatic heterocycles. The molecule has 2 unspecified atom stereocenters. The topological polar surface area (TPSA) is 33.5 Å². The minimum atomic E-state index is -0.242. The van der Waals surface area contributed by atoms with Crippen LogP contribution in [0.4, 0.5) is 4.39 Å². The Morgan fingerprint density at radius 2 is 1.92 bits per heavy atom. The number of carbonyl (C=O) groups excluding carboxylic acids is 1. The lowest BCUT2D eigenvalue weighted by atomic mass is 10.1. The van der Waals surface area contributed by atoms with Crippen molar-refractivity contribution in [3.8, 4) is 0 Å². The Bertz CT molecular complexity index is 944. The summed E-state index contributed by atoms with van der Waals surface area (Å²) >= 11 is 0. The summed E-state index contributed by atoms with van der Waals surface area (Å²) in [6.07, 6.45) is 1.63. The summed E-state index contributed by atoms with van der Waals surface area (Å²) in [5.74, 6) is 1.04. The lowest BCUT2D eigenvalue weighted by Crippen LogP contribution is -2.28. The minimum absolute atomic E-state index is 0.00583. The molecule has 1 saturated carbocycles. The van der Waals surface area contributed by atoms with Crippen molar-refractivity contribution < 1.29 is 13.6 Å². The van der Waals surface area contributed by atoms with Gasteiger partial charge in [0.05, 0.1) is 0 Å². The van der Waals surface area contributed by atoms with Crippen molar-refractivity contribution in [2.75, 3.05) is 7.05 Å². The summed E-state index contributed by atoms with van der Waals surface area (Å²) in [6, 6.07) is 14.5. The van der Waals surface area contributed by atoms with Gasteiger partial charge in [-0.1, -0.05) is 37.3 Å². The number of halogens is 1. The normalized spacial score (nSPS) is 18.9. The molecule has 4 rings (SSSR count). The standard InChI is InChI=1S/C22H22FNO2/c1-3-20-19(16-6-4-5-7-21(16)26-20)13-24(2)22(25)18-12-17(18)14-8-10-15(23)11-9-14/h4-11,17-18H,3,12-13H2,1-2H3. The molecule has 2 aromatic carbocycles. The zero-order chi connectivity index (χ0) is 18.3. The number of carbonyl (C=O) groups is 1. The van der Waals surface area contributed by atoms with Crippen molar-refractivity contribution in [2.45, 2.75) is 32.2 Å². The van der Waals surface area contributed by atoms with E-state index in [1.165, 1.54) is 12.1 Å². The largest absolute Gasteiger partial charge is 0.461 e. The van der Waals surface area contributed by atoms with Crippen molar-refractivity contribution >= 4 is 16.9 Å². The van der Waals surface area contributed by atoms with Crippen molar-refractivity contribution in [3.05, 3.63) is 71.2 Å². The molecule has 1 amide bonds. The Morgan fingerprint density at radius 3 is 2.65 bits per heavy atom. The van der Waals surface area contributed by atoms with Crippen LogP contribution >= 0.6 is 0 Å². The predicted octanol–water partition coefficient (Wildman–Crippen LogP) is 4.90. The third-order valence-electron chi connectivity index (χ3n) is 5.28. The second kappa shape index (κ2) is 6.60. The Morgan fingerprint density at radius 1 is 1.19 bits per heavy atom. The Balaban J connectivity index is 1.50. The highest BCUT2D eigenvalue weighted by atomic mass is 19.1. The number of rotatable bonds is 5. The van der Waals surface area contributed by atoms with Crippen LogP contribution < -0.4 is 0 Å². The van der Waals surface area contributed by atoms with Gasteiger partial charge in [-0.2, -0.15) is 0 Å². The van der Waals surface area contributed by atoms with Gasteiger partial charge in [-0.15, -0.1) is 0 Å². The van der Waals surface area contributed by atoms with E-state index in [1.54, 1.807) is 17.0 Å². The number of hydrogen-bond donors (Lipinski definition) is 0. The second-order valence-corrected chi connectivity index (χ2v) is 7.05. The maximum Gasteiger partial charge on any atom is 0.226 e. The summed E-state index contributed by atoms with van der Waals surface area (Å²) in [7, 11) is 1.85. The molecule has 134 valence electrons. The molecule has 0 saturated heterocycles. The molecule has 4 heteroatoms. The van der Waals surface area contributed by atoms with Crippen LogP contribution in [0, 0.1) is 11.7 Å². The molecule has 3 aromatic rings. The molecular weight excluding hydrogens is 329 g/mol. The number of nitrogens with zero attached hydrogens (tertiary/aromatic N) is 1. The molecule has 1 heterocycles. The van der Waals surface area contributed by atoms with Gasteiger partial charge in [-0.25, -0.2) is 4.39 Å². The smallest absolute Gasteiger partial charge is 0.226 e. The van der Waals surface area contributed by atoms with Crippen LogP contribution in [0.25, 0.3) is 11.0 Å². The first kappa shape index (κ1) is 16.8. The van der Waals surface area contributed by atoms with E-state index in [9.17, 15) is 9.18 Å². The fraction of sp³-hybridized carbons (Fsp3) is 0.318. The fourth-order valence-corrected chi connectivity index (χ4v) is 3.75. The van der Waals surface area contributed by atoms with Crippen molar-refractivity contribution in [1.29, 1.82) is 0 Å². The number of para-hydroxylation sites is 1. The van der Waals surface area contributed by atoms with Gasteiger partial charge in [0.25, 0.3) is 0 Å². The van der Waals surface area contributed by atoms with Crippen LogP contribution in [0.5, 0.6) is 0 Å². The third-order valence-corrected chi connectivity index (χ3v) is 5.28. The molecule has 1 fully saturated rings. The third kappa shape index (κ3) is 3.00. The summed E-state index contributed by atoms with van der Waals surface area (Å²) in [5, 5.41) is 1.08. The molecular formula is C22H22FNO2. The lowest BCUT2D eigenvalue weighted by Gasteiger charge is -2.17. The van der Waals surface area contributed by atoms with Crippen LogP contribution in [0.3, 0.4) is 0 Å². The number of hydrogen-bond acceptors (Lipinski definition) is 2. The molecule has 1 aromatic heterocycles. The SMILES string of the molecule is CCc1oc2ccccc2c1CN(C)C(=O)C1CC1c1ccc(F)cc1. The molecule has 26 heavy (non-hydrogen) atoms. The van der Waals surface area contributed by atoms with Crippen LogP contribution in [-0.4, -0.2) is 17.9 Å². The number of benzene rings is 2. The summed E-state index contributed by atoms with van der Waals surface area (Å²) in [5.41, 5.74) is 3.01. The fourth-order valence-electron chi connectivity index (χ4n) is 3.75. The minimum Gasteiger partial charge on any atom is -0.461 e.